The van der Waals surface area contributed by atoms with Crippen molar-refractivity contribution >= 4 is 17.6 Å². The molecule has 0 aliphatic heterocycles. The molecule has 0 amide bonds. The highest BCUT2D eigenvalue weighted by Crippen LogP contribution is 2.29. The van der Waals surface area contributed by atoms with E-state index in [1.807, 2.05) is 0 Å². The van der Waals surface area contributed by atoms with Gasteiger partial charge in [-0.15, -0.1) is 11.8 Å². The lowest BCUT2D eigenvalue weighted by Crippen LogP contribution is -2.13. The lowest BCUT2D eigenvalue weighted by molar-refractivity contribution is 0.846. The molecule has 0 radical (unpaired) electrons. The Morgan fingerprint density at radius 1 is 1.44 bits per heavy atom. The summed E-state index contributed by atoms with van der Waals surface area (Å²) in [4.78, 5) is 8.50. The Morgan fingerprint density at radius 2 is 2.19 bits per heavy atom. The number of nitrogens with two attached hydrogens (primary N) is 1. The molecule has 1 unspecified atom stereocenters. The molecule has 0 fully saturated rings. The van der Waals surface area contributed by atoms with E-state index >= 15 is 0 Å². The molecule has 90 valence electrons. The van der Waals surface area contributed by atoms with Gasteiger partial charge < -0.3 is 5.43 Å². The number of nitrogen functional groups attached to an aromatic ring is 1. The van der Waals surface area contributed by atoms with Crippen LogP contribution < -0.4 is 11.3 Å². The number of aromatic nitrogens is 2. The first-order chi connectivity index (χ1) is 7.72. The number of nitrogens with zero attached hydrogens (tertiary/aromatic N) is 2. The van der Waals surface area contributed by atoms with Gasteiger partial charge in [0.2, 0.25) is 0 Å². The number of anilines is 1. The van der Waals surface area contributed by atoms with E-state index in [9.17, 15) is 0 Å². The number of nitrogens with one attached hydrogen (secondary N) is 1. The summed E-state index contributed by atoms with van der Waals surface area (Å²) in [6, 6.07) is 0. The molecule has 16 heavy (non-hydrogen) atoms. The summed E-state index contributed by atoms with van der Waals surface area (Å²) >= 11 is 1.79. The molecular weight excluding hydrogens is 220 g/mol. The second-order valence-corrected chi connectivity index (χ2v) is 5.16. The second-order valence-electron chi connectivity index (χ2n) is 3.74. The van der Waals surface area contributed by atoms with Crippen LogP contribution in [0.5, 0.6) is 0 Å². The van der Waals surface area contributed by atoms with Crippen molar-refractivity contribution in [3.05, 3.63) is 11.9 Å². The molecular formula is C11H20N4S. The minimum atomic E-state index is 0.566. The molecule has 0 saturated carbocycles. The Labute approximate surface area is 101 Å². The van der Waals surface area contributed by atoms with Crippen molar-refractivity contribution < 1.29 is 0 Å². The summed E-state index contributed by atoms with van der Waals surface area (Å²) < 4.78 is 0. The molecule has 1 rings (SSSR count). The molecule has 1 heterocycles. The van der Waals surface area contributed by atoms with Crippen molar-refractivity contribution in [3.63, 3.8) is 0 Å². The first kappa shape index (κ1) is 13.3. The number of hydrogen-bond acceptors (Lipinski definition) is 5. The second kappa shape index (κ2) is 6.70. The molecule has 1 aromatic rings. The summed E-state index contributed by atoms with van der Waals surface area (Å²) in [5.41, 5.74) is 3.78. The fourth-order valence-electron chi connectivity index (χ4n) is 1.37. The lowest BCUT2D eigenvalue weighted by atomic mass is 10.2. The van der Waals surface area contributed by atoms with Gasteiger partial charge in [-0.25, -0.2) is 15.8 Å². The van der Waals surface area contributed by atoms with Crippen LogP contribution in [-0.2, 0) is 6.42 Å². The van der Waals surface area contributed by atoms with Crippen molar-refractivity contribution in [2.75, 3.05) is 5.43 Å². The summed E-state index contributed by atoms with van der Waals surface area (Å²) in [5, 5.41) is 1.62. The van der Waals surface area contributed by atoms with E-state index in [1.165, 1.54) is 0 Å². The van der Waals surface area contributed by atoms with Crippen LogP contribution in [0, 0.1) is 0 Å². The van der Waals surface area contributed by atoms with Gasteiger partial charge in [-0.3, -0.25) is 0 Å². The normalized spacial score (nSPS) is 12.5. The predicted molar refractivity (Wildman–Crippen MR) is 69.4 cm³/mol. The third-order valence-corrected chi connectivity index (χ3v) is 3.74. The standard InChI is InChI=1S/C11H20N4S/c1-4-6-9-10(15-12)13-7-14-11(9)16-8(3)5-2/h7-8H,4-6,12H2,1-3H3,(H,13,14,15). The zero-order chi connectivity index (χ0) is 12.0. The van der Waals surface area contributed by atoms with E-state index in [1.54, 1.807) is 18.1 Å². The van der Waals surface area contributed by atoms with Crippen LogP contribution >= 0.6 is 11.8 Å². The maximum absolute atomic E-state index is 5.46. The molecule has 0 aromatic carbocycles. The van der Waals surface area contributed by atoms with E-state index in [0.717, 1.165) is 35.7 Å². The summed E-state index contributed by atoms with van der Waals surface area (Å²) in [6.07, 6.45) is 4.72. The largest absolute Gasteiger partial charge is 0.308 e. The highest BCUT2D eigenvalue weighted by Gasteiger charge is 2.12. The Balaban J connectivity index is 2.96. The van der Waals surface area contributed by atoms with E-state index in [4.69, 9.17) is 5.84 Å². The number of thioether (sulfide) groups is 1. The van der Waals surface area contributed by atoms with Gasteiger partial charge in [-0.2, -0.15) is 0 Å². The van der Waals surface area contributed by atoms with Crippen LogP contribution in [-0.4, -0.2) is 15.2 Å². The SMILES string of the molecule is CCCc1c(NN)ncnc1SC(C)CC. The monoisotopic (exact) mass is 240 g/mol. The van der Waals surface area contributed by atoms with Crippen molar-refractivity contribution in [2.45, 2.75) is 50.3 Å². The van der Waals surface area contributed by atoms with Gasteiger partial charge in [0.15, 0.2) is 0 Å². The zero-order valence-corrected chi connectivity index (χ0v) is 11.0. The molecule has 0 spiro atoms. The molecule has 1 aromatic heterocycles. The van der Waals surface area contributed by atoms with E-state index in [2.05, 4.69) is 36.2 Å². The van der Waals surface area contributed by atoms with Gasteiger partial charge in [-0.05, 0) is 12.8 Å². The number of rotatable bonds is 6. The predicted octanol–water partition coefficient (Wildman–Crippen LogP) is 2.61. The average Bonchev–Trinajstić information content (AvgIpc) is 2.31. The van der Waals surface area contributed by atoms with Crippen molar-refractivity contribution in [1.29, 1.82) is 0 Å². The highest BCUT2D eigenvalue weighted by atomic mass is 32.2. The molecule has 0 aliphatic carbocycles. The van der Waals surface area contributed by atoms with Gasteiger partial charge in [0.25, 0.3) is 0 Å². The quantitative estimate of drug-likeness (QED) is 0.346. The molecule has 5 heteroatoms. The van der Waals surface area contributed by atoms with Gasteiger partial charge in [-0.1, -0.05) is 27.2 Å². The molecule has 4 nitrogen and oxygen atoms in total. The van der Waals surface area contributed by atoms with Crippen LogP contribution in [0.25, 0.3) is 0 Å². The van der Waals surface area contributed by atoms with Crippen LogP contribution in [0.4, 0.5) is 5.82 Å². The minimum absolute atomic E-state index is 0.566. The maximum Gasteiger partial charge on any atom is 0.147 e. The lowest BCUT2D eigenvalue weighted by Gasteiger charge is -2.13. The Morgan fingerprint density at radius 3 is 2.75 bits per heavy atom. The fourth-order valence-corrected chi connectivity index (χ4v) is 2.37. The van der Waals surface area contributed by atoms with Crippen LogP contribution in [0.3, 0.4) is 0 Å². The van der Waals surface area contributed by atoms with Crippen LogP contribution in [0.1, 0.15) is 39.2 Å². The van der Waals surface area contributed by atoms with Gasteiger partial charge in [0.05, 0.1) is 0 Å². The number of hydrogen-bond donors (Lipinski definition) is 2. The molecule has 1 atom stereocenters. The van der Waals surface area contributed by atoms with E-state index in [0.29, 0.717) is 5.25 Å². The fraction of sp³-hybridized carbons (Fsp3) is 0.636. The van der Waals surface area contributed by atoms with E-state index < -0.39 is 0 Å². The van der Waals surface area contributed by atoms with Gasteiger partial charge in [0.1, 0.15) is 17.2 Å². The molecule has 0 aliphatic rings. The number of hydrazine groups is 1. The smallest absolute Gasteiger partial charge is 0.147 e. The van der Waals surface area contributed by atoms with Crippen molar-refractivity contribution in [1.82, 2.24) is 9.97 Å². The molecule has 0 bridgehead atoms. The third-order valence-electron chi connectivity index (χ3n) is 2.43. The van der Waals surface area contributed by atoms with Gasteiger partial charge in [0, 0.05) is 10.8 Å². The molecule has 0 saturated heterocycles. The summed E-state index contributed by atoms with van der Waals surface area (Å²) in [6.45, 7) is 6.53. The Bertz CT molecular complexity index is 330. The maximum atomic E-state index is 5.46. The minimum Gasteiger partial charge on any atom is -0.308 e. The van der Waals surface area contributed by atoms with Crippen molar-refractivity contribution in [3.8, 4) is 0 Å². The van der Waals surface area contributed by atoms with Gasteiger partial charge >= 0.3 is 0 Å². The Hall–Kier alpha value is -0.810. The van der Waals surface area contributed by atoms with E-state index in [-0.39, 0.29) is 0 Å². The Kier molecular flexibility index (Phi) is 5.55. The topological polar surface area (TPSA) is 63.8 Å². The summed E-state index contributed by atoms with van der Waals surface area (Å²) in [5.74, 6) is 6.22. The summed E-state index contributed by atoms with van der Waals surface area (Å²) in [7, 11) is 0. The van der Waals surface area contributed by atoms with Crippen LogP contribution in [0.15, 0.2) is 11.4 Å². The average molecular weight is 240 g/mol. The first-order valence-corrected chi connectivity index (χ1v) is 6.58. The third kappa shape index (κ3) is 3.35. The van der Waals surface area contributed by atoms with Crippen LogP contribution in [0.2, 0.25) is 0 Å². The highest BCUT2D eigenvalue weighted by molar-refractivity contribution is 7.99. The molecule has 3 N–H and O–H groups in total. The first-order valence-electron chi connectivity index (χ1n) is 5.70. The zero-order valence-electron chi connectivity index (χ0n) is 10.2. The van der Waals surface area contributed by atoms with Crippen molar-refractivity contribution in [2.24, 2.45) is 5.84 Å².